The standard InChI is InChI=1S/C12H16ClNO/c13-11-3-1-9(2-4-11)12-5-6-15-8-10(12)7-14/h1-4,10,12H,5-8,14H2. The van der Waals surface area contributed by atoms with Crippen LogP contribution in [0.2, 0.25) is 5.02 Å². The van der Waals surface area contributed by atoms with Crippen molar-refractivity contribution < 1.29 is 4.74 Å². The Hall–Kier alpha value is -0.570. The van der Waals surface area contributed by atoms with Gasteiger partial charge in [0.1, 0.15) is 0 Å². The fourth-order valence-corrected chi connectivity index (χ4v) is 2.30. The Labute approximate surface area is 95.4 Å². The van der Waals surface area contributed by atoms with Crippen molar-refractivity contribution in [3.8, 4) is 0 Å². The number of rotatable bonds is 2. The zero-order valence-electron chi connectivity index (χ0n) is 8.66. The van der Waals surface area contributed by atoms with Crippen LogP contribution >= 0.6 is 11.6 Å². The Kier molecular flexibility index (Phi) is 3.62. The smallest absolute Gasteiger partial charge is 0.0512 e. The highest BCUT2D eigenvalue weighted by Crippen LogP contribution is 2.31. The average Bonchev–Trinajstić information content (AvgIpc) is 2.30. The van der Waals surface area contributed by atoms with Gasteiger partial charge in [-0.05, 0) is 36.6 Å². The Bertz CT molecular complexity index is 312. The lowest BCUT2D eigenvalue weighted by atomic mass is 9.83. The predicted octanol–water partition coefficient (Wildman–Crippen LogP) is 2.42. The number of hydrogen-bond acceptors (Lipinski definition) is 2. The summed E-state index contributed by atoms with van der Waals surface area (Å²) >= 11 is 5.87. The van der Waals surface area contributed by atoms with Crippen molar-refractivity contribution in [3.05, 3.63) is 34.9 Å². The summed E-state index contributed by atoms with van der Waals surface area (Å²) in [6.45, 7) is 2.31. The molecule has 3 heteroatoms. The van der Waals surface area contributed by atoms with E-state index in [4.69, 9.17) is 22.1 Å². The molecule has 2 nitrogen and oxygen atoms in total. The summed E-state index contributed by atoms with van der Waals surface area (Å²) < 4.78 is 5.44. The molecule has 2 atom stereocenters. The quantitative estimate of drug-likeness (QED) is 0.839. The predicted molar refractivity (Wildman–Crippen MR) is 62.2 cm³/mol. The highest BCUT2D eigenvalue weighted by Gasteiger charge is 2.25. The normalized spacial score (nSPS) is 26.5. The SMILES string of the molecule is NCC1COCCC1c1ccc(Cl)cc1. The molecule has 1 heterocycles. The summed E-state index contributed by atoms with van der Waals surface area (Å²) in [5.41, 5.74) is 7.09. The van der Waals surface area contributed by atoms with Crippen LogP contribution in [0.1, 0.15) is 17.9 Å². The highest BCUT2D eigenvalue weighted by atomic mass is 35.5. The maximum absolute atomic E-state index is 5.87. The van der Waals surface area contributed by atoms with Crippen LogP contribution in [0, 0.1) is 5.92 Å². The molecular formula is C12H16ClNO. The maximum atomic E-state index is 5.87. The summed E-state index contributed by atoms with van der Waals surface area (Å²) in [5, 5.41) is 0.787. The number of nitrogens with two attached hydrogens (primary N) is 1. The lowest BCUT2D eigenvalue weighted by molar-refractivity contribution is 0.0436. The topological polar surface area (TPSA) is 35.2 Å². The zero-order chi connectivity index (χ0) is 10.7. The van der Waals surface area contributed by atoms with Gasteiger partial charge >= 0.3 is 0 Å². The monoisotopic (exact) mass is 225 g/mol. The molecule has 82 valence electrons. The summed E-state index contributed by atoms with van der Waals surface area (Å²) in [6.07, 6.45) is 1.06. The first-order valence-corrected chi connectivity index (χ1v) is 5.72. The number of ether oxygens (including phenoxy) is 1. The van der Waals surface area contributed by atoms with Gasteiger partial charge in [0.05, 0.1) is 6.61 Å². The van der Waals surface area contributed by atoms with Crippen LogP contribution in [0.4, 0.5) is 0 Å². The van der Waals surface area contributed by atoms with E-state index in [1.807, 2.05) is 12.1 Å². The lowest BCUT2D eigenvalue weighted by Gasteiger charge is -2.31. The summed E-state index contributed by atoms with van der Waals surface area (Å²) in [4.78, 5) is 0. The first kappa shape index (κ1) is 10.9. The van der Waals surface area contributed by atoms with Crippen LogP contribution in [0.5, 0.6) is 0 Å². The van der Waals surface area contributed by atoms with E-state index in [2.05, 4.69) is 12.1 Å². The van der Waals surface area contributed by atoms with E-state index in [0.29, 0.717) is 18.4 Å². The minimum Gasteiger partial charge on any atom is -0.381 e. The van der Waals surface area contributed by atoms with E-state index in [1.165, 1.54) is 5.56 Å². The largest absolute Gasteiger partial charge is 0.381 e. The molecule has 15 heavy (non-hydrogen) atoms. The number of benzene rings is 1. The first-order valence-electron chi connectivity index (χ1n) is 5.34. The molecule has 0 aromatic heterocycles. The molecule has 0 radical (unpaired) electrons. The van der Waals surface area contributed by atoms with Crippen molar-refractivity contribution >= 4 is 11.6 Å². The second kappa shape index (κ2) is 4.97. The Balaban J connectivity index is 2.16. The van der Waals surface area contributed by atoms with E-state index < -0.39 is 0 Å². The molecule has 1 aromatic carbocycles. The molecule has 1 aliphatic rings. The second-order valence-corrected chi connectivity index (χ2v) is 4.45. The van der Waals surface area contributed by atoms with Gasteiger partial charge in [-0.3, -0.25) is 0 Å². The molecule has 1 saturated heterocycles. The highest BCUT2D eigenvalue weighted by molar-refractivity contribution is 6.30. The van der Waals surface area contributed by atoms with E-state index >= 15 is 0 Å². The van der Waals surface area contributed by atoms with Crippen molar-refractivity contribution in [1.82, 2.24) is 0 Å². The maximum Gasteiger partial charge on any atom is 0.0512 e. The molecule has 2 N–H and O–H groups in total. The van der Waals surface area contributed by atoms with Gasteiger partial charge in [-0.2, -0.15) is 0 Å². The van der Waals surface area contributed by atoms with Crippen molar-refractivity contribution in [2.45, 2.75) is 12.3 Å². The average molecular weight is 226 g/mol. The van der Waals surface area contributed by atoms with Crippen molar-refractivity contribution in [3.63, 3.8) is 0 Å². The third-order valence-electron chi connectivity index (χ3n) is 3.08. The van der Waals surface area contributed by atoms with Crippen molar-refractivity contribution in [1.29, 1.82) is 0 Å². The Morgan fingerprint density at radius 1 is 1.33 bits per heavy atom. The minimum absolute atomic E-state index is 0.444. The molecule has 2 unspecified atom stereocenters. The first-order chi connectivity index (χ1) is 7.31. The molecule has 0 bridgehead atoms. The van der Waals surface area contributed by atoms with Crippen LogP contribution in [0.15, 0.2) is 24.3 Å². The van der Waals surface area contributed by atoms with E-state index in [-0.39, 0.29) is 0 Å². The van der Waals surface area contributed by atoms with E-state index in [0.717, 1.165) is 24.7 Å². The second-order valence-electron chi connectivity index (χ2n) is 4.02. The van der Waals surface area contributed by atoms with Crippen LogP contribution in [-0.4, -0.2) is 19.8 Å². The fourth-order valence-electron chi connectivity index (χ4n) is 2.18. The van der Waals surface area contributed by atoms with Gasteiger partial charge in [-0.15, -0.1) is 0 Å². The van der Waals surface area contributed by atoms with Gasteiger partial charge in [-0.25, -0.2) is 0 Å². The molecule has 1 aliphatic heterocycles. The van der Waals surface area contributed by atoms with Gasteiger partial charge < -0.3 is 10.5 Å². The summed E-state index contributed by atoms with van der Waals surface area (Å²) in [7, 11) is 0. The third-order valence-corrected chi connectivity index (χ3v) is 3.33. The van der Waals surface area contributed by atoms with E-state index in [1.54, 1.807) is 0 Å². The zero-order valence-corrected chi connectivity index (χ0v) is 9.41. The summed E-state index contributed by atoms with van der Waals surface area (Å²) in [5.74, 6) is 0.973. The van der Waals surface area contributed by atoms with Gasteiger partial charge in [0.15, 0.2) is 0 Å². The van der Waals surface area contributed by atoms with Gasteiger partial charge in [0.2, 0.25) is 0 Å². The molecular weight excluding hydrogens is 210 g/mol. The van der Waals surface area contributed by atoms with E-state index in [9.17, 15) is 0 Å². The summed E-state index contributed by atoms with van der Waals surface area (Å²) in [6, 6.07) is 8.09. The number of hydrogen-bond donors (Lipinski definition) is 1. The van der Waals surface area contributed by atoms with Crippen LogP contribution in [0.3, 0.4) is 0 Å². The van der Waals surface area contributed by atoms with Gasteiger partial charge in [0.25, 0.3) is 0 Å². The number of halogens is 1. The van der Waals surface area contributed by atoms with Gasteiger partial charge in [-0.1, -0.05) is 23.7 Å². The van der Waals surface area contributed by atoms with Crippen molar-refractivity contribution in [2.24, 2.45) is 11.7 Å². The minimum atomic E-state index is 0.444. The molecule has 1 aromatic rings. The molecule has 2 rings (SSSR count). The Morgan fingerprint density at radius 3 is 2.73 bits per heavy atom. The fraction of sp³-hybridized carbons (Fsp3) is 0.500. The van der Waals surface area contributed by atoms with Crippen LogP contribution < -0.4 is 5.73 Å². The molecule has 0 aliphatic carbocycles. The van der Waals surface area contributed by atoms with Crippen LogP contribution in [-0.2, 0) is 4.74 Å². The van der Waals surface area contributed by atoms with Crippen LogP contribution in [0.25, 0.3) is 0 Å². The molecule has 0 saturated carbocycles. The third kappa shape index (κ3) is 2.51. The lowest BCUT2D eigenvalue weighted by Crippen LogP contribution is -2.31. The van der Waals surface area contributed by atoms with Crippen molar-refractivity contribution in [2.75, 3.05) is 19.8 Å². The molecule has 0 spiro atoms. The molecule has 1 fully saturated rings. The van der Waals surface area contributed by atoms with Gasteiger partial charge in [0, 0.05) is 17.5 Å². The molecule has 0 amide bonds. The Morgan fingerprint density at radius 2 is 2.07 bits per heavy atom.